The highest BCUT2D eigenvalue weighted by Crippen LogP contribution is 2.29. The molecule has 154 valence electrons. The molecule has 3 heterocycles. The molecule has 1 aromatic carbocycles. The third kappa shape index (κ3) is 4.21. The standard InChI is InChI=1S/C17H20FN7O3S/c1-11(26)19-9-13-10-25(17(27)28-13)12-2-3-15(14(18)8-12)23-4-6-24(7-5-23)16-20-21-22-29-16/h2-3,8,13H,4-7,9-10H2,1H3,(H,19,26). The maximum absolute atomic E-state index is 14.8. The Labute approximate surface area is 170 Å². The second kappa shape index (κ2) is 8.15. The van der Waals surface area contributed by atoms with Crippen LogP contribution in [0.3, 0.4) is 0 Å². The van der Waals surface area contributed by atoms with Crippen molar-refractivity contribution in [3.05, 3.63) is 24.0 Å². The van der Waals surface area contributed by atoms with Crippen molar-refractivity contribution in [2.75, 3.05) is 54.0 Å². The van der Waals surface area contributed by atoms with Crippen LogP contribution < -0.4 is 20.0 Å². The van der Waals surface area contributed by atoms with Crippen LogP contribution in [0.4, 0.5) is 25.7 Å². The van der Waals surface area contributed by atoms with E-state index in [0.717, 1.165) is 5.13 Å². The first-order chi connectivity index (χ1) is 14.0. The SMILES string of the molecule is CC(=O)NCC1CN(c2ccc(N3CCN(c4nnns4)CC3)c(F)c2)C(=O)O1. The number of anilines is 3. The van der Waals surface area contributed by atoms with E-state index in [0.29, 0.717) is 37.6 Å². The average Bonchev–Trinajstić information content (AvgIpc) is 3.36. The summed E-state index contributed by atoms with van der Waals surface area (Å²) in [6, 6.07) is 4.74. The zero-order valence-corrected chi connectivity index (χ0v) is 16.6. The molecule has 2 aromatic rings. The van der Waals surface area contributed by atoms with Crippen LogP contribution in [0, 0.1) is 5.82 Å². The molecule has 29 heavy (non-hydrogen) atoms. The molecule has 2 saturated heterocycles. The van der Waals surface area contributed by atoms with Crippen LogP contribution in [0.15, 0.2) is 18.2 Å². The zero-order chi connectivity index (χ0) is 20.4. The summed E-state index contributed by atoms with van der Waals surface area (Å²) in [4.78, 5) is 28.5. The van der Waals surface area contributed by atoms with E-state index in [1.807, 2.05) is 4.90 Å². The molecule has 0 radical (unpaired) electrons. The average molecular weight is 421 g/mol. The van der Waals surface area contributed by atoms with Gasteiger partial charge in [-0.25, -0.2) is 9.18 Å². The second-order valence-corrected chi connectivity index (χ2v) is 7.52. The van der Waals surface area contributed by atoms with Gasteiger partial charge in [0.2, 0.25) is 11.0 Å². The molecule has 2 amide bonds. The predicted molar refractivity (Wildman–Crippen MR) is 105 cm³/mol. The summed E-state index contributed by atoms with van der Waals surface area (Å²) < 4.78 is 23.8. The third-order valence-electron chi connectivity index (χ3n) is 4.88. The van der Waals surface area contributed by atoms with Crippen molar-refractivity contribution in [3.8, 4) is 0 Å². The number of halogens is 1. The quantitative estimate of drug-likeness (QED) is 0.758. The number of hydrogen-bond acceptors (Lipinski definition) is 9. The molecule has 2 aliphatic rings. The third-order valence-corrected chi connectivity index (χ3v) is 5.53. The lowest BCUT2D eigenvalue weighted by Gasteiger charge is -2.35. The topological polar surface area (TPSA) is 104 Å². The predicted octanol–water partition coefficient (Wildman–Crippen LogP) is 0.860. The first kappa shape index (κ1) is 19.3. The number of carbonyl (C=O) groups excluding carboxylic acids is 2. The van der Waals surface area contributed by atoms with E-state index in [4.69, 9.17) is 4.74 Å². The molecule has 12 heteroatoms. The number of piperazine rings is 1. The van der Waals surface area contributed by atoms with Gasteiger partial charge in [0.15, 0.2) is 0 Å². The fraction of sp³-hybridized carbons (Fsp3) is 0.471. The van der Waals surface area contributed by atoms with Crippen LogP contribution in [0.2, 0.25) is 0 Å². The van der Waals surface area contributed by atoms with Crippen LogP contribution in [-0.2, 0) is 9.53 Å². The summed E-state index contributed by atoms with van der Waals surface area (Å²) in [6.07, 6.45) is -1.01. The van der Waals surface area contributed by atoms with Crippen LogP contribution >= 0.6 is 11.5 Å². The second-order valence-electron chi connectivity index (χ2n) is 6.81. The maximum atomic E-state index is 14.8. The Bertz CT molecular complexity index is 889. The van der Waals surface area contributed by atoms with Crippen molar-refractivity contribution in [2.24, 2.45) is 0 Å². The van der Waals surface area contributed by atoms with Gasteiger partial charge in [-0.05, 0) is 23.4 Å². The molecule has 1 N–H and O–H groups in total. The Hall–Kier alpha value is -3.02. The summed E-state index contributed by atoms with van der Waals surface area (Å²) in [5.41, 5.74) is 0.922. The van der Waals surface area contributed by atoms with Crippen LogP contribution in [0.25, 0.3) is 0 Å². The van der Waals surface area contributed by atoms with Crippen LogP contribution in [0.1, 0.15) is 6.92 Å². The van der Waals surface area contributed by atoms with Gasteiger partial charge < -0.3 is 19.9 Å². The van der Waals surface area contributed by atoms with Crippen LogP contribution in [0.5, 0.6) is 0 Å². The fourth-order valence-electron chi connectivity index (χ4n) is 3.41. The number of hydrogen-bond donors (Lipinski definition) is 1. The fourth-order valence-corrected chi connectivity index (χ4v) is 3.92. The number of aromatic nitrogens is 3. The van der Waals surface area contributed by atoms with Gasteiger partial charge in [-0.2, -0.15) is 0 Å². The lowest BCUT2D eigenvalue weighted by Crippen LogP contribution is -2.46. The van der Waals surface area contributed by atoms with Crippen molar-refractivity contribution < 1.29 is 18.7 Å². The number of amides is 2. The molecule has 0 bridgehead atoms. The van der Waals surface area contributed by atoms with E-state index in [1.54, 1.807) is 12.1 Å². The van der Waals surface area contributed by atoms with Gasteiger partial charge in [0.1, 0.15) is 11.9 Å². The molecule has 4 rings (SSSR count). The Morgan fingerprint density at radius 1 is 1.31 bits per heavy atom. The normalized spacial score (nSPS) is 19.4. The Kier molecular flexibility index (Phi) is 5.43. The molecule has 1 atom stereocenters. The van der Waals surface area contributed by atoms with E-state index in [1.165, 1.54) is 29.4 Å². The number of nitrogens with one attached hydrogen (secondary N) is 1. The van der Waals surface area contributed by atoms with E-state index in [-0.39, 0.29) is 19.0 Å². The molecular formula is C17H20FN7O3S. The number of nitrogens with zero attached hydrogens (tertiary/aromatic N) is 6. The summed E-state index contributed by atoms with van der Waals surface area (Å²) in [5.74, 6) is -0.593. The number of benzene rings is 1. The molecule has 2 fully saturated rings. The smallest absolute Gasteiger partial charge is 0.414 e. The summed E-state index contributed by atoms with van der Waals surface area (Å²) >= 11 is 1.24. The molecule has 10 nitrogen and oxygen atoms in total. The van der Waals surface area contributed by atoms with Gasteiger partial charge in [0, 0.05) is 44.6 Å². The van der Waals surface area contributed by atoms with Gasteiger partial charge in [-0.3, -0.25) is 9.69 Å². The Morgan fingerprint density at radius 2 is 2.07 bits per heavy atom. The van der Waals surface area contributed by atoms with Crippen molar-refractivity contribution in [3.63, 3.8) is 0 Å². The molecule has 1 aromatic heterocycles. The largest absolute Gasteiger partial charge is 0.442 e. The number of cyclic esters (lactones) is 1. The molecule has 2 aliphatic heterocycles. The molecule has 0 saturated carbocycles. The van der Waals surface area contributed by atoms with Gasteiger partial charge in [0.25, 0.3) is 0 Å². The first-order valence-electron chi connectivity index (χ1n) is 9.18. The Balaban J connectivity index is 1.39. The number of rotatable bonds is 5. The van der Waals surface area contributed by atoms with Crippen molar-refractivity contribution >= 4 is 40.0 Å². The first-order valence-corrected chi connectivity index (χ1v) is 9.95. The highest BCUT2D eigenvalue weighted by atomic mass is 32.1. The van der Waals surface area contributed by atoms with Gasteiger partial charge in [-0.1, -0.05) is 9.59 Å². The molecule has 0 spiro atoms. The highest BCUT2D eigenvalue weighted by Gasteiger charge is 2.33. The molecular weight excluding hydrogens is 401 g/mol. The van der Waals surface area contributed by atoms with Crippen molar-refractivity contribution in [2.45, 2.75) is 13.0 Å². The van der Waals surface area contributed by atoms with Crippen molar-refractivity contribution in [1.82, 2.24) is 20.1 Å². The summed E-state index contributed by atoms with van der Waals surface area (Å²) in [5, 5.41) is 11.0. The minimum atomic E-state index is -0.549. The van der Waals surface area contributed by atoms with Gasteiger partial charge >= 0.3 is 6.09 Å². The van der Waals surface area contributed by atoms with E-state index < -0.39 is 18.0 Å². The maximum Gasteiger partial charge on any atom is 0.414 e. The Morgan fingerprint density at radius 3 is 2.72 bits per heavy atom. The lowest BCUT2D eigenvalue weighted by atomic mass is 10.2. The minimum absolute atomic E-state index is 0.197. The summed E-state index contributed by atoms with van der Waals surface area (Å²) in [6.45, 7) is 4.55. The van der Waals surface area contributed by atoms with Gasteiger partial charge in [-0.15, -0.1) is 0 Å². The minimum Gasteiger partial charge on any atom is -0.442 e. The number of carbonyl (C=O) groups is 2. The van der Waals surface area contributed by atoms with E-state index in [9.17, 15) is 14.0 Å². The van der Waals surface area contributed by atoms with E-state index >= 15 is 0 Å². The van der Waals surface area contributed by atoms with Crippen LogP contribution in [-0.4, -0.2) is 72.2 Å². The van der Waals surface area contributed by atoms with Gasteiger partial charge in [0.05, 0.1) is 24.5 Å². The lowest BCUT2D eigenvalue weighted by molar-refractivity contribution is -0.119. The van der Waals surface area contributed by atoms with Crippen molar-refractivity contribution in [1.29, 1.82) is 0 Å². The molecule has 1 unspecified atom stereocenters. The number of ether oxygens (including phenoxy) is 1. The highest BCUT2D eigenvalue weighted by molar-refractivity contribution is 7.09. The monoisotopic (exact) mass is 421 g/mol. The van der Waals surface area contributed by atoms with E-state index in [2.05, 4.69) is 25.0 Å². The molecule has 0 aliphatic carbocycles. The summed E-state index contributed by atoms with van der Waals surface area (Å²) in [7, 11) is 0. The zero-order valence-electron chi connectivity index (χ0n) is 15.7.